The van der Waals surface area contributed by atoms with Crippen molar-refractivity contribution in [2.45, 2.75) is 33.7 Å². The quantitative estimate of drug-likeness (QED) is 0.701. The Hall–Kier alpha value is -1.34. The minimum atomic E-state index is -3.36. The number of amides is 1. The second-order valence-electron chi connectivity index (χ2n) is 6.00. The third kappa shape index (κ3) is 6.74. The first-order chi connectivity index (χ1) is 10.8. The second kappa shape index (κ2) is 9.08. The maximum atomic E-state index is 12.0. The number of carbonyl (C=O) groups excluding carboxylic acids is 1. The molecule has 0 saturated heterocycles. The van der Waals surface area contributed by atoms with E-state index in [0.717, 1.165) is 18.8 Å². The molecule has 0 bridgehead atoms. The third-order valence-electron chi connectivity index (χ3n) is 3.56. The fourth-order valence-electron chi connectivity index (χ4n) is 2.58. The summed E-state index contributed by atoms with van der Waals surface area (Å²) in [6.45, 7) is 9.66. The number of carbonyl (C=O) groups is 1. The number of nitrogens with zero attached hydrogens (tertiary/aromatic N) is 1. The molecule has 1 aromatic heterocycles. The van der Waals surface area contributed by atoms with E-state index >= 15 is 0 Å². The summed E-state index contributed by atoms with van der Waals surface area (Å²) >= 11 is 0. The van der Waals surface area contributed by atoms with Crippen molar-refractivity contribution in [3.8, 4) is 0 Å². The third-order valence-corrected chi connectivity index (χ3v) is 5.43. The fraction of sp³-hybridized carbons (Fsp3) is 0.688. The van der Waals surface area contributed by atoms with Crippen LogP contribution in [-0.2, 0) is 14.6 Å². The predicted octanol–water partition coefficient (Wildman–Crippen LogP) is 1.85. The van der Waals surface area contributed by atoms with Crippen LogP contribution in [0.2, 0.25) is 0 Å². The Labute approximate surface area is 139 Å². The van der Waals surface area contributed by atoms with Gasteiger partial charge in [-0.25, -0.2) is 8.42 Å². The van der Waals surface area contributed by atoms with Crippen molar-refractivity contribution in [2.75, 3.05) is 31.1 Å². The lowest BCUT2D eigenvalue weighted by Gasteiger charge is -2.28. The van der Waals surface area contributed by atoms with E-state index < -0.39 is 21.5 Å². The summed E-state index contributed by atoms with van der Waals surface area (Å²) in [5.41, 5.74) is 0. The summed E-state index contributed by atoms with van der Waals surface area (Å²) in [5, 5.41) is 2.73. The highest BCUT2D eigenvalue weighted by molar-refractivity contribution is 7.92. The Bertz CT molecular complexity index is 563. The highest BCUT2D eigenvalue weighted by Crippen LogP contribution is 2.20. The van der Waals surface area contributed by atoms with Crippen molar-refractivity contribution >= 4 is 15.7 Å². The van der Waals surface area contributed by atoms with Crippen LogP contribution in [0.3, 0.4) is 0 Å². The van der Waals surface area contributed by atoms with Gasteiger partial charge in [0, 0.05) is 6.54 Å². The highest BCUT2D eigenvalue weighted by atomic mass is 32.2. The number of furan rings is 1. The predicted molar refractivity (Wildman–Crippen MR) is 90.9 cm³/mol. The largest absolute Gasteiger partial charge is 0.468 e. The number of hydrogen-bond acceptors (Lipinski definition) is 5. The molecule has 1 atom stereocenters. The zero-order chi connectivity index (χ0) is 17.5. The SMILES string of the molecule is CCN(CC)C(CNC(=O)CS(=O)(=O)CC(C)C)c1ccco1. The molecule has 23 heavy (non-hydrogen) atoms. The van der Waals surface area contributed by atoms with Crippen molar-refractivity contribution in [1.29, 1.82) is 0 Å². The number of likely N-dealkylation sites (N-methyl/N-ethyl adjacent to an activating group) is 1. The van der Waals surface area contributed by atoms with Crippen molar-refractivity contribution in [3.05, 3.63) is 24.2 Å². The minimum absolute atomic E-state index is 0.0133. The van der Waals surface area contributed by atoms with E-state index in [9.17, 15) is 13.2 Å². The van der Waals surface area contributed by atoms with Gasteiger partial charge in [-0.15, -0.1) is 0 Å². The number of nitrogens with one attached hydrogen (secondary N) is 1. The van der Waals surface area contributed by atoms with E-state index in [2.05, 4.69) is 10.2 Å². The van der Waals surface area contributed by atoms with E-state index in [0.29, 0.717) is 6.54 Å². The first-order valence-electron chi connectivity index (χ1n) is 8.03. The first kappa shape index (κ1) is 19.7. The van der Waals surface area contributed by atoms with E-state index in [1.54, 1.807) is 12.3 Å². The van der Waals surface area contributed by atoms with Gasteiger partial charge in [0.2, 0.25) is 5.91 Å². The van der Waals surface area contributed by atoms with Gasteiger partial charge < -0.3 is 9.73 Å². The molecule has 0 aliphatic heterocycles. The van der Waals surface area contributed by atoms with Crippen molar-refractivity contribution in [1.82, 2.24) is 10.2 Å². The maximum Gasteiger partial charge on any atom is 0.235 e. The lowest BCUT2D eigenvalue weighted by Crippen LogP contribution is -2.40. The molecule has 0 fully saturated rings. The molecule has 1 rings (SSSR count). The maximum absolute atomic E-state index is 12.0. The molecule has 1 N–H and O–H groups in total. The van der Waals surface area contributed by atoms with Gasteiger partial charge in [-0.05, 0) is 31.1 Å². The van der Waals surface area contributed by atoms with E-state index in [1.807, 2.05) is 33.8 Å². The van der Waals surface area contributed by atoms with Gasteiger partial charge in [-0.2, -0.15) is 0 Å². The monoisotopic (exact) mass is 344 g/mol. The van der Waals surface area contributed by atoms with Crippen LogP contribution in [0.25, 0.3) is 0 Å². The van der Waals surface area contributed by atoms with Crippen LogP contribution in [0.15, 0.2) is 22.8 Å². The van der Waals surface area contributed by atoms with Crippen LogP contribution in [-0.4, -0.2) is 50.4 Å². The average Bonchev–Trinajstić information content (AvgIpc) is 2.95. The average molecular weight is 344 g/mol. The Morgan fingerprint density at radius 3 is 2.43 bits per heavy atom. The summed E-state index contributed by atoms with van der Waals surface area (Å²) in [7, 11) is -3.36. The van der Waals surface area contributed by atoms with Crippen molar-refractivity contribution in [3.63, 3.8) is 0 Å². The Balaban J connectivity index is 2.66. The molecule has 1 amide bonds. The van der Waals surface area contributed by atoms with E-state index in [4.69, 9.17) is 4.42 Å². The van der Waals surface area contributed by atoms with Gasteiger partial charge in [0.05, 0.1) is 18.1 Å². The fourth-order valence-corrected chi connectivity index (χ4v) is 4.22. The zero-order valence-electron chi connectivity index (χ0n) is 14.4. The van der Waals surface area contributed by atoms with Crippen LogP contribution in [0, 0.1) is 5.92 Å². The van der Waals surface area contributed by atoms with Gasteiger partial charge in [0.15, 0.2) is 9.84 Å². The molecule has 0 aliphatic rings. The van der Waals surface area contributed by atoms with E-state index in [-0.39, 0.29) is 17.7 Å². The summed E-state index contributed by atoms with van der Waals surface area (Å²) in [5.74, 6) is -0.125. The molecule has 0 spiro atoms. The molecule has 1 heterocycles. The Morgan fingerprint density at radius 2 is 1.96 bits per heavy atom. The standard InChI is InChI=1S/C16H28N2O4S/c1-5-18(6-2)14(15-8-7-9-22-15)10-17-16(19)12-23(20,21)11-13(3)4/h7-9,13-14H,5-6,10-12H2,1-4H3,(H,17,19). The minimum Gasteiger partial charge on any atom is -0.468 e. The summed E-state index contributed by atoms with van der Waals surface area (Å²) in [6.07, 6.45) is 1.60. The van der Waals surface area contributed by atoms with Gasteiger partial charge in [0.1, 0.15) is 11.5 Å². The number of hydrogen-bond donors (Lipinski definition) is 1. The van der Waals surface area contributed by atoms with Gasteiger partial charge in [0.25, 0.3) is 0 Å². The van der Waals surface area contributed by atoms with Gasteiger partial charge in [-0.1, -0.05) is 27.7 Å². The molecule has 0 saturated carbocycles. The number of rotatable bonds is 10. The van der Waals surface area contributed by atoms with Crippen LogP contribution >= 0.6 is 0 Å². The second-order valence-corrected chi connectivity index (χ2v) is 8.11. The Morgan fingerprint density at radius 1 is 1.30 bits per heavy atom. The van der Waals surface area contributed by atoms with Crippen LogP contribution in [0.5, 0.6) is 0 Å². The van der Waals surface area contributed by atoms with E-state index in [1.165, 1.54) is 0 Å². The molecular formula is C16H28N2O4S. The van der Waals surface area contributed by atoms with Crippen LogP contribution in [0.4, 0.5) is 0 Å². The van der Waals surface area contributed by atoms with Crippen LogP contribution < -0.4 is 5.32 Å². The van der Waals surface area contributed by atoms with Gasteiger partial charge in [-0.3, -0.25) is 9.69 Å². The molecule has 0 radical (unpaired) electrons. The highest BCUT2D eigenvalue weighted by Gasteiger charge is 2.23. The summed E-state index contributed by atoms with van der Waals surface area (Å²) < 4.78 is 29.2. The topological polar surface area (TPSA) is 79.6 Å². The molecule has 0 aromatic carbocycles. The molecule has 0 aliphatic carbocycles. The number of sulfone groups is 1. The normalized spacial score (nSPS) is 13.5. The molecule has 7 heteroatoms. The molecule has 1 aromatic rings. The zero-order valence-corrected chi connectivity index (χ0v) is 15.2. The van der Waals surface area contributed by atoms with Crippen LogP contribution in [0.1, 0.15) is 39.5 Å². The lowest BCUT2D eigenvalue weighted by molar-refractivity contribution is -0.118. The Kier molecular flexibility index (Phi) is 7.78. The van der Waals surface area contributed by atoms with Gasteiger partial charge >= 0.3 is 0 Å². The molecule has 1 unspecified atom stereocenters. The molecular weight excluding hydrogens is 316 g/mol. The smallest absolute Gasteiger partial charge is 0.235 e. The van der Waals surface area contributed by atoms with Crippen molar-refractivity contribution in [2.24, 2.45) is 5.92 Å². The summed E-state index contributed by atoms with van der Waals surface area (Å²) in [6, 6.07) is 3.57. The lowest BCUT2D eigenvalue weighted by atomic mass is 10.2. The molecule has 132 valence electrons. The van der Waals surface area contributed by atoms with Crippen molar-refractivity contribution < 1.29 is 17.6 Å². The summed E-state index contributed by atoms with van der Waals surface area (Å²) in [4.78, 5) is 14.1. The first-order valence-corrected chi connectivity index (χ1v) is 9.85. The molecule has 6 nitrogen and oxygen atoms in total.